The highest BCUT2D eigenvalue weighted by Gasteiger charge is 2.56. The molecule has 0 aliphatic carbocycles. The number of carbonyl (C=O) groups is 2. The third kappa shape index (κ3) is 2.81. The number of likely N-dealkylation sites (tertiary alicyclic amines) is 1. The second-order valence-corrected chi connectivity index (χ2v) is 8.83. The first kappa shape index (κ1) is 18.8. The Morgan fingerprint density at radius 3 is 2.62 bits per heavy atom. The number of carboxylic acids is 1. The highest BCUT2D eigenvalue weighted by atomic mass is 32.2. The van der Waals surface area contributed by atoms with E-state index >= 15 is 0 Å². The van der Waals surface area contributed by atoms with Crippen LogP contribution in [-0.2, 0) is 26.2 Å². The lowest BCUT2D eigenvalue weighted by Gasteiger charge is -2.44. The molecule has 10 heteroatoms. The lowest BCUT2D eigenvalue weighted by atomic mass is 9.77. The number of carbonyl (C=O) groups excluding carboxylic acids is 1. The number of amides is 1. The summed E-state index contributed by atoms with van der Waals surface area (Å²) in [5, 5.41) is 13.7. The molecule has 1 aromatic rings. The van der Waals surface area contributed by atoms with Gasteiger partial charge in [-0.15, -0.1) is 0 Å². The Kier molecular flexibility index (Phi) is 4.82. The number of carboxylic acid groups (broad SMARTS) is 1. The smallest absolute Gasteiger partial charge is 0.309 e. The van der Waals surface area contributed by atoms with Crippen LogP contribution in [0.2, 0.25) is 0 Å². The lowest BCUT2D eigenvalue weighted by Crippen LogP contribution is -2.57. The summed E-state index contributed by atoms with van der Waals surface area (Å²) >= 11 is 0. The fourth-order valence-corrected chi connectivity index (χ4v) is 5.72. The van der Waals surface area contributed by atoms with Crippen molar-refractivity contribution in [3.63, 3.8) is 0 Å². The van der Waals surface area contributed by atoms with E-state index in [9.17, 15) is 23.1 Å². The number of sulfonamides is 1. The van der Waals surface area contributed by atoms with Gasteiger partial charge < -0.3 is 10.0 Å². The molecule has 1 aromatic heterocycles. The van der Waals surface area contributed by atoms with Crippen LogP contribution in [0.5, 0.6) is 0 Å². The van der Waals surface area contributed by atoms with Crippen molar-refractivity contribution < 1.29 is 23.1 Å². The van der Waals surface area contributed by atoms with Crippen LogP contribution >= 0.6 is 0 Å². The van der Waals surface area contributed by atoms with Crippen LogP contribution in [0.1, 0.15) is 32.6 Å². The van der Waals surface area contributed by atoms with Crippen molar-refractivity contribution in [2.45, 2.75) is 49.7 Å². The molecule has 26 heavy (non-hydrogen) atoms. The Hall–Kier alpha value is -1.94. The molecule has 2 fully saturated rings. The highest BCUT2D eigenvalue weighted by Crippen LogP contribution is 2.43. The molecule has 144 valence electrons. The lowest BCUT2D eigenvalue weighted by molar-refractivity contribution is -0.145. The number of hydrogen-bond donors (Lipinski definition) is 1. The maximum absolute atomic E-state index is 13.0. The van der Waals surface area contributed by atoms with Gasteiger partial charge in [0.25, 0.3) is 10.0 Å². The quantitative estimate of drug-likeness (QED) is 0.785. The van der Waals surface area contributed by atoms with Crippen molar-refractivity contribution in [2.75, 3.05) is 20.1 Å². The van der Waals surface area contributed by atoms with Gasteiger partial charge in [0, 0.05) is 33.1 Å². The largest absolute Gasteiger partial charge is 0.481 e. The van der Waals surface area contributed by atoms with Crippen LogP contribution < -0.4 is 0 Å². The first-order valence-electron chi connectivity index (χ1n) is 8.75. The Bertz CT molecular complexity index is 810. The molecule has 3 rings (SSSR count). The molecule has 0 saturated carbocycles. The second-order valence-electron chi connectivity index (χ2n) is 6.95. The predicted octanol–water partition coefficient (Wildman–Crippen LogP) is 0.379. The standard InChI is InChI=1S/C16H24N4O5S/c1-3-8-20-14(4-7-17-20)26(24,25)19-9-5-16(6-10-19)12(15(22)23)11-13(21)18(16)2/h4,7,12H,3,5-6,8-11H2,1-2H3,(H,22,23)/t12-/m0/s1. The van der Waals surface area contributed by atoms with Crippen molar-refractivity contribution in [1.29, 1.82) is 0 Å². The maximum Gasteiger partial charge on any atom is 0.309 e. The molecular formula is C16H24N4O5S. The maximum atomic E-state index is 13.0. The van der Waals surface area contributed by atoms with Gasteiger partial charge in [0.05, 0.1) is 17.7 Å². The van der Waals surface area contributed by atoms with Gasteiger partial charge in [-0.2, -0.15) is 9.40 Å². The van der Waals surface area contributed by atoms with Crippen molar-refractivity contribution >= 4 is 21.9 Å². The summed E-state index contributed by atoms with van der Waals surface area (Å²) < 4.78 is 28.8. The highest BCUT2D eigenvalue weighted by molar-refractivity contribution is 7.89. The number of piperidine rings is 1. The average Bonchev–Trinajstić information content (AvgIpc) is 3.16. The van der Waals surface area contributed by atoms with Gasteiger partial charge >= 0.3 is 5.97 Å². The molecule has 2 saturated heterocycles. The van der Waals surface area contributed by atoms with Crippen molar-refractivity contribution in [3.8, 4) is 0 Å². The van der Waals surface area contributed by atoms with E-state index in [1.54, 1.807) is 7.05 Å². The first-order valence-corrected chi connectivity index (χ1v) is 10.2. The fourth-order valence-electron chi connectivity index (χ4n) is 4.15. The van der Waals surface area contributed by atoms with E-state index in [0.29, 0.717) is 19.4 Å². The Balaban J connectivity index is 1.82. The minimum Gasteiger partial charge on any atom is -0.481 e. The minimum atomic E-state index is -3.70. The Morgan fingerprint density at radius 2 is 2.04 bits per heavy atom. The Morgan fingerprint density at radius 1 is 1.38 bits per heavy atom. The molecule has 1 N–H and O–H groups in total. The molecular weight excluding hydrogens is 360 g/mol. The van der Waals surface area contributed by atoms with Crippen LogP contribution in [0.15, 0.2) is 17.3 Å². The molecule has 0 radical (unpaired) electrons. The first-order chi connectivity index (χ1) is 12.2. The number of aliphatic carboxylic acids is 1. The summed E-state index contributed by atoms with van der Waals surface area (Å²) in [5.41, 5.74) is -0.807. The SMILES string of the molecule is CCCn1nccc1S(=O)(=O)N1CCC2(CC1)[C@H](C(=O)O)CC(=O)N2C. The predicted molar refractivity (Wildman–Crippen MR) is 91.8 cm³/mol. The van der Waals surface area contributed by atoms with Crippen molar-refractivity contribution in [1.82, 2.24) is 19.0 Å². The minimum absolute atomic E-state index is 0.0259. The molecule has 1 atom stereocenters. The molecule has 0 bridgehead atoms. The van der Waals surface area contributed by atoms with Gasteiger partial charge in [-0.25, -0.2) is 8.42 Å². The number of aryl methyl sites for hydroxylation is 1. The van der Waals surface area contributed by atoms with E-state index < -0.39 is 27.4 Å². The number of nitrogens with zero attached hydrogens (tertiary/aromatic N) is 4. The molecule has 0 aromatic carbocycles. The second kappa shape index (κ2) is 6.66. The molecule has 3 heterocycles. The van der Waals surface area contributed by atoms with Gasteiger partial charge in [0.2, 0.25) is 5.91 Å². The normalized spacial score (nSPS) is 23.7. The van der Waals surface area contributed by atoms with Crippen LogP contribution in [0.4, 0.5) is 0 Å². The topological polar surface area (TPSA) is 113 Å². The Labute approximate surface area is 152 Å². The van der Waals surface area contributed by atoms with Crippen molar-refractivity contribution in [3.05, 3.63) is 12.3 Å². The van der Waals surface area contributed by atoms with Crippen LogP contribution in [0, 0.1) is 5.92 Å². The van der Waals surface area contributed by atoms with Gasteiger partial charge in [-0.3, -0.25) is 14.3 Å². The zero-order valence-corrected chi connectivity index (χ0v) is 15.8. The van der Waals surface area contributed by atoms with Gasteiger partial charge in [-0.1, -0.05) is 6.92 Å². The van der Waals surface area contributed by atoms with Crippen LogP contribution in [-0.4, -0.2) is 70.1 Å². The van der Waals surface area contributed by atoms with E-state index in [1.165, 1.54) is 26.2 Å². The molecule has 1 spiro atoms. The van der Waals surface area contributed by atoms with Gasteiger partial charge in [-0.05, 0) is 25.3 Å². The van der Waals surface area contributed by atoms with Crippen LogP contribution in [0.25, 0.3) is 0 Å². The third-order valence-electron chi connectivity index (χ3n) is 5.67. The molecule has 2 aliphatic rings. The molecule has 0 unspecified atom stereocenters. The van der Waals surface area contributed by atoms with Crippen molar-refractivity contribution in [2.24, 2.45) is 5.92 Å². The average molecular weight is 384 g/mol. The summed E-state index contributed by atoms with van der Waals surface area (Å²) in [4.78, 5) is 25.2. The molecule has 2 aliphatic heterocycles. The summed E-state index contributed by atoms with van der Waals surface area (Å²) in [5.74, 6) is -2.00. The summed E-state index contributed by atoms with van der Waals surface area (Å²) in [6.45, 7) is 2.82. The fraction of sp³-hybridized carbons (Fsp3) is 0.688. The number of hydrogen-bond acceptors (Lipinski definition) is 5. The van der Waals surface area contributed by atoms with Gasteiger partial charge in [0.1, 0.15) is 0 Å². The number of aromatic nitrogens is 2. The molecule has 9 nitrogen and oxygen atoms in total. The zero-order valence-electron chi connectivity index (χ0n) is 15.0. The monoisotopic (exact) mass is 384 g/mol. The molecule has 1 amide bonds. The third-order valence-corrected chi connectivity index (χ3v) is 7.59. The number of rotatable bonds is 5. The summed E-state index contributed by atoms with van der Waals surface area (Å²) in [6, 6.07) is 1.49. The summed E-state index contributed by atoms with van der Waals surface area (Å²) in [7, 11) is -2.09. The summed E-state index contributed by atoms with van der Waals surface area (Å²) in [6.07, 6.45) is 2.83. The van der Waals surface area contributed by atoms with E-state index in [0.717, 1.165) is 6.42 Å². The van der Waals surface area contributed by atoms with E-state index in [1.807, 2.05) is 6.92 Å². The van der Waals surface area contributed by atoms with E-state index in [4.69, 9.17) is 0 Å². The van der Waals surface area contributed by atoms with Crippen LogP contribution in [0.3, 0.4) is 0 Å². The van der Waals surface area contributed by atoms with Gasteiger partial charge in [0.15, 0.2) is 5.03 Å². The van der Waals surface area contributed by atoms with E-state index in [2.05, 4.69) is 5.10 Å². The van der Waals surface area contributed by atoms with E-state index in [-0.39, 0.29) is 30.4 Å². The zero-order chi connectivity index (χ0) is 19.1.